The van der Waals surface area contributed by atoms with Crippen LogP contribution in [0.4, 0.5) is 16.2 Å². The first-order valence-corrected chi connectivity index (χ1v) is 22.8. The van der Waals surface area contributed by atoms with Gasteiger partial charge in [-0.25, -0.2) is 4.79 Å². The molecule has 10 nitrogen and oxygen atoms in total. The molecule has 338 valence electrons. The average molecular weight is 920 g/mol. The van der Waals surface area contributed by atoms with E-state index in [0.29, 0.717) is 6.54 Å². The van der Waals surface area contributed by atoms with Crippen LogP contribution in [-0.2, 0) is 4.74 Å². The molecule has 3 aromatic carbocycles. The molecule has 0 saturated carbocycles. The van der Waals surface area contributed by atoms with Gasteiger partial charge in [0, 0.05) is 45.8 Å². The monoisotopic (exact) mass is 917 g/mol. The third-order valence-corrected chi connectivity index (χ3v) is 9.94. The number of nitrogens with one attached hydrogen (secondary N) is 2. The Morgan fingerprint density at radius 3 is 1.53 bits per heavy atom. The Morgan fingerprint density at radius 2 is 1.00 bits per heavy atom. The van der Waals surface area contributed by atoms with E-state index in [1.807, 2.05) is 97.0 Å². The predicted octanol–water partition coefficient (Wildman–Crippen LogP) is 11.0. The van der Waals surface area contributed by atoms with Crippen molar-refractivity contribution >= 4 is 45.8 Å². The van der Waals surface area contributed by atoms with Crippen LogP contribution in [0.1, 0.15) is 101 Å². The molecule has 3 aliphatic heterocycles. The fourth-order valence-electron chi connectivity index (χ4n) is 6.67. The molecule has 12 heteroatoms. The summed E-state index contributed by atoms with van der Waals surface area (Å²) in [6.45, 7) is 27.8. The molecule has 6 rings (SSSR count). The van der Waals surface area contributed by atoms with Gasteiger partial charge in [0.15, 0.2) is 0 Å². The summed E-state index contributed by atoms with van der Waals surface area (Å²) in [4.78, 5) is 18.8. The number of nitrogens with zero attached hydrogens (tertiary/aromatic N) is 3. The molecular weight excluding hydrogens is 842 g/mol. The van der Waals surface area contributed by atoms with Crippen molar-refractivity contribution in [3.05, 3.63) is 77.3 Å². The number of halogens is 2. The Kier molecular flexibility index (Phi) is 25.5. The number of anilines is 2. The van der Waals surface area contributed by atoms with Crippen molar-refractivity contribution in [2.45, 2.75) is 125 Å². The molecule has 2 N–H and O–H groups in total. The summed E-state index contributed by atoms with van der Waals surface area (Å²) in [6.07, 6.45) is 8.12. The minimum absolute atomic E-state index is 0. The zero-order chi connectivity index (χ0) is 43.0. The highest BCUT2D eigenvalue weighted by Gasteiger charge is 2.25. The Labute approximate surface area is 378 Å². The first kappa shape index (κ1) is 52.8. The van der Waals surface area contributed by atoms with E-state index < -0.39 is 5.60 Å². The Morgan fingerprint density at radius 1 is 0.550 bits per heavy atom. The second-order valence-electron chi connectivity index (χ2n) is 16.9. The molecule has 0 bridgehead atoms. The van der Waals surface area contributed by atoms with Crippen molar-refractivity contribution in [1.29, 1.82) is 0 Å². The van der Waals surface area contributed by atoms with Gasteiger partial charge in [0.1, 0.15) is 22.8 Å². The molecule has 1 amide bonds. The van der Waals surface area contributed by atoms with Gasteiger partial charge >= 0.3 is 6.09 Å². The van der Waals surface area contributed by atoms with Crippen LogP contribution in [0.15, 0.2) is 77.3 Å². The number of carbonyl (C=O) groups excluding carboxylic acids is 1. The number of benzene rings is 3. The fourth-order valence-corrected chi connectivity index (χ4v) is 7.05. The number of amides is 1. The van der Waals surface area contributed by atoms with Crippen molar-refractivity contribution in [3.8, 4) is 17.2 Å². The summed E-state index contributed by atoms with van der Waals surface area (Å²) in [7, 11) is 0. The van der Waals surface area contributed by atoms with E-state index >= 15 is 0 Å². The van der Waals surface area contributed by atoms with Gasteiger partial charge in [0.25, 0.3) is 0 Å². The standard InChI is InChI=1S/C19H30N2O3.C14H22N2O.C9H11BrO.C6H13N.ClH/c1-15(2)23-17-10-7-6-9-16(17)20-11-8-12-21(14-13-20)18(22)24-19(3,4)5;1-12(2)17-14-7-4-3-6-13(14)16-10-5-8-15-9-11-16;1-7(2)11-9-6-4-3-5-8(9)10;1-2-4-6-7-5-3-1;/h6-7,9-10,15H,8,11-14H2,1-5H3;3-4,6-7,12,15H,5,8-11H2,1-2H3;3-7H,1-2H3;7H,1-6H2;1H. The average Bonchev–Trinajstić information content (AvgIpc) is 3.74. The summed E-state index contributed by atoms with van der Waals surface area (Å²) >= 11 is 3.40. The summed E-state index contributed by atoms with van der Waals surface area (Å²) < 4.78 is 23.8. The van der Waals surface area contributed by atoms with E-state index in [0.717, 1.165) is 79.6 Å². The van der Waals surface area contributed by atoms with Crippen LogP contribution < -0.4 is 34.6 Å². The Hall–Kier alpha value is -3.38. The fraction of sp³-hybridized carbons (Fsp3) is 0.604. The predicted molar refractivity (Wildman–Crippen MR) is 257 cm³/mol. The van der Waals surface area contributed by atoms with Crippen LogP contribution in [-0.4, -0.2) is 100 Å². The number of ether oxygens (including phenoxy) is 4. The van der Waals surface area contributed by atoms with Gasteiger partial charge in [-0.3, -0.25) is 0 Å². The van der Waals surface area contributed by atoms with E-state index in [2.05, 4.69) is 74.5 Å². The first-order valence-electron chi connectivity index (χ1n) is 22.0. The SMILES string of the molecule is C1CCCNCC1.CC(C)Oc1ccccc1Br.CC(C)Oc1ccccc1N1CCCN(C(=O)OC(C)(C)C)CC1.CC(C)Oc1ccccc1N1CCCNCC1.Cl. The zero-order valence-electron chi connectivity index (χ0n) is 38.1. The molecule has 60 heavy (non-hydrogen) atoms. The minimum atomic E-state index is -0.458. The third-order valence-electron chi connectivity index (χ3n) is 9.28. The number of para-hydroxylation sites is 5. The molecule has 3 saturated heterocycles. The van der Waals surface area contributed by atoms with Crippen LogP contribution >= 0.6 is 28.3 Å². The lowest BCUT2D eigenvalue weighted by molar-refractivity contribution is 0.0263. The van der Waals surface area contributed by atoms with E-state index in [-0.39, 0.29) is 36.8 Å². The summed E-state index contributed by atoms with van der Waals surface area (Å²) in [5, 5.41) is 6.77. The van der Waals surface area contributed by atoms with Crippen molar-refractivity contribution in [2.75, 3.05) is 75.2 Å². The van der Waals surface area contributed by atoms with Gasteiger partial charge in [-0.1, -0.05) is 49.2 Å². The first-order chi connectivity index (χ1) is 28.2. The van der Waals surface area contributed by atoms with Crippen molar-refractivity contribution in [2.24, 2.45) is 0 Å². The van der Waals surface area contributed by atoms with Crippen LogP contribution in [0.5, 0.6) is 17.2 Å². The van der Waals surface area contributed by atoms with Gasteiger partial charge < -0.3 is 44.3 Å². The normalized spacial score (nSPS) is 15.9. The lowest BCUT2D eigenvalue weighted by Gasteiger charge is -2.27. The van der Waals surface area contributed by atoms with Gasteiger partial charge in [-0.05, 0) is 160 Å². The van der Waals surface area contributed by atoms with Crippen LogP contribution in [0.3, 0.4) is 0 Å². The molecule has 0 unspecified atom stereocenters. The highest BCUT2D eigenvalue weighted by Crippen LogP contribution is 2.31. The lowest BCUT2D eigenvalue weighted by Crippen LogP contribution is -2.39. The van der Waals surface area contributed by atoms with E-state index in [1.54, 1.807) is 4.90 Å². The van der Waals surface area contributed by atoms with Gasteiger partial charge in [-0.15, -0.1) is 12.4 Å². The maximum Gasteiger partial charge on any atom is 0.410 e. The Balaban J connectivity index is 0.000000299. The van der Waals surface area contributed by atoms with Crippen LogP contribution in [0.2, 0.25) is 0 Å². The quantitative estimate of drug-likeness (QED) is 0.229. The lowest BCUT2D eigenvalue weighted by atomic mass is 10.2. The zero-order valence-corrected chi connectivity index (χ0v) is 40.5. The Bertz CT molecular complexity index is 1580. The number of hydrogen-bond donors (Lipinski definition) is 2. The third kappa shape index (κ3) is 21.4. The number of rotatable bonds is 8. The molecule has 0 spiro atoms. The number of carbonyl (C=O) groups is 1. The van der Waals surface area contributed by atoms with E-state index in [1.165, 1.54) is 50.9 Å². The summed E-state index contributed by atoms with van der Waals surface area (Å²) in [6, 6.07) is 24.3. The van der Waals surface area contributed by atoms with Gasteiger partial charge in [0.2, 0.25) is 0 Å². The molecule has 0 radical (unpaired) electrons. The smallest absolute Gasteiger partial charge is 0.410 e. The van der Waals surface area contributed by atoms with Crippen molar-refractivity contribution < 1.29 is 23.7 Å². The van der Waals surface area contributed by atoms with Crippen LogP contribution in [0, 0.1) is 0 Å². The highest BCUT2D eigenvalue weighted by atomic mass is 79.9. The van der Waals surface area contributed by atoms with Gasteiger partial charge in [0.05, 0.1) is 34.2 Å². The number of hydrogen-bond acceptors (Lipinski definition) is 9. The second kappa shape index (κ2) is 29.0. The molecule has 3 aromatic rings. The maximum atomic E-state index is 12.3. The van der Waals surface area contributed by atoms with E-state index in [4.69, 9.17) is 18.9 Å². The minimum Gasteiger partial charge on any atom is -0.490 e. The molecule has 3 fully saturated rings. The second-order valence-corrected chi connectivity index (χ2v) is 17.8. The van der Waals surface area contributed by atoms with Crippen molar-refractivity contribution in [1.82, 2.24) is 15.5 Å². The molecule has 0 aromatic heterocycles. The summed E-state index contributed by atoms with van der Waals surface area (Å²) in [5.74, 6) is 2.81. The summed E-state index contributed by atoms with van der Waals surface area (Å²) in [5.41, 5.74) is 1.86. The molecule has 0 aliphatic carbocycles. The molecular formula is C48H77BrClN5O5. The largest absolute Gasteiger partial charge is 0.490 e. The van der Waals surface area contributed by atoms with Gasteiger partial charge in [-0.2, -0.15) is 0 Å². The maximum absolute atomic E-state index is 12.3. The molecule has 3 aliphatic rings. The van der Waals surface area contributed by atoms with Crippen molar-refractivity contribution in [3.63, 3.8) is 0 Å². The molecule has 3 heterocycles. The van der Waals surface area contributed by atoms with E-state index in [9.17, 15) is 4.79 Å². The highest BCUT2D eigenvalue weighted by molar-refractivity contribution is 9.10. The molecule has 0 atom stereocenters. The van der Waals surface area contributed by atoms with Crippen LogP contribution in [0.25, 0.3) is 0 Å². The topological polar surface area (TPSA) is 87.8 Å².